The van der Waals surface area contributed by atoms with Gasteiger partial charge in [-0.05, 0) is 57.4 Å². The van der Waals surface area contributed by atoms with E-state index in [2.05, 4.69) is 31.4 Å². The Hall–Kier alpha value is -3.14. The molecular formula is C20H14BrFN4O4S2. The highest BCUT2D eigenvalue weighted by atomic mass is 79.9. The van der Waals surface area contributed by atoms with Gasteiger partial charge >= 0.3 is 0 Å². The second kappa shape index (κ2) is 9.99. The number of hydrogen-bond donors (Lipinski definition) is 1. The molecule has 0 radical (unpaired) electrons. The van der Waals surface area contributed by atoms with Crippen LogP contribution in [0.5, 0.6) is 5.75 Å². The van der Waals surface area contributed by atoms with Crippen LogP contribution in [0.4, 0.5) is 9.52 Å². The summed E-state index contributed by atoms with van der Waals surface area (Å²) in [5.74, 6) is -0.557. The van der Waals surface area contributed by atoms with Gasteiger partial charge in [0.1, 0.15) is 29.8 Å². The van der Waals surface area contributed by atoms with E-state index < -0.39 is 15.7 Å². The molecular weight excluding hydrogens is 523 g/mol. The monoisotopic (exact) mass is 536 g/mol. The molecule has 3 aromatic rings. The molecule has 1 aromatic heterocycles. The molecule has 0 aliphatic carbocycles. The predicted molar refractivity (Wildman–Crippen MR) is 120 cm³/mol. The van der Waals surface area contributed by atoms with Crippen molar-refractivity contribution < 1.29 is 22.3 Å². The lowest BCUT2D eigenvalue weighted by Gasteiger charge is -2.09. The van der Waals surface area contributed by atoms with Crippen LogP contribution in [0, 0.1) is 17.1 Å². The molecule has 1 amide bonds. The van der Waals surface area contributed by atoms with E-state index in [0.717, 1.165) is 11.8 Å². The van der Waals surface area contributed by atoms with E-state index in [1.54, 1.807) is 36.4 Å². The van der Waals surface area contributed by atoms with Gasteiger partial charge in [-0.25, -0.2) is 12.8 Å². The van der Waals surface area contributed by atoms with Crippen molar-refractivity contribution in [1.29, 1.82) is 5.26 Å². The zero-order valence-electron chi connectivity index (χ0n) is 16.4. The Morgan fingerprint density at radius 3 is 2.59 bits per heavy atom. The number of amides is 1. The van der Waals surface area contributed by atoms with Crippen LogP contribution in [0.3, 0.4) is 0 Å². The molecule has 2 aromatic carbocycles. The maximum atomic E-state index is 13.0. The first-order valence-electron chi connectivity index (χ1n) is 8.79. The van der Waals surface area contributed by atoms with E-state index in [1.807, 2.05) is 0 Å². The van der Waals surface area contributed by atoms with E-state index >= 15 is 0 Å². The Bertz CT molecular complexity index is 1330. The maximum absolute atomic E-state index is 13.0. The third-order valence-corrected chi connectivity index (χ3v) is 7.01. The van der Waals surface area contributed by atoms with Gasteiger partial charge in [-0.1, -0.05) is 29.5 Å². The molecule has 0 spiro atoms. The molecule has 8 nitrogen and oxygen atoms in total. The lowest BCUT2D eigenvalue weighted by molar-refractivity contribution is -0.112. The van der Waals surface area contributed by atoms with Crippen LogP contribution in [-0.4, -0.2) is 30.8 Å². The summed E-state index contributed by atoms with van der Waals surface area (Å²) < 4.78 is 42.0. The zero-order chi connectivity index (χ0) is 23.3. The maximum Gasteiger partial charge on any atom is 0.268 e. The number of nitriles is 1. The van der Waals surface area contributed by atoms with E-state index in [9.17, 15) is 22.9 Å². The van der Waals surface area contributed by atoms with Crippen molar-refractivity contribution in [1.82, 2.24) is 10.2 Å². The Morgan fingerprint density at radius 1 is 1.28 bits per heavy atom. The van der Waals surface area contributed by atoms with Crippen molar-refractivity contribution in [2.75, 3.05) is 11.6 Å². The summed E-state index contributed by atoms with van der Waals surface area (Å²) in [7, 11) is -3.55. The lowest BCUT2D eigenvalue weighted by atomic mass is 10.1. The molecule has 32 heavy (non-hydrogen) atoms. The van der Waals surface area contributed by atoms with Crippen molar-refractivity contribution in [2.24, 2.45) is 0 Å². The topological polar surface area (TPSA) is 122 Å². The highest BCUT2D eigenvalue weighted by Gasteiger charge is 2.17. The second-order valence-corrected chi connectivity index (χ2v) is 10.4. The lowest BCUT2D eigenvalue weighted by Crippen LogP contribution is -2.13. The van der Waals surface area contributed by atoms with Crippen LogP contribution in [0.15, 0.2) is 56.9 Å². The Morgan fingerprint density at radius 2 is 2.00 bits per heavy atom. The molecule has 164 valence electrons. The number of nitrogens with one attached hydrogen (secondary N) is 1. The Labute approximate surface area is 195 Å². The third-order valence-electron chi connectivity index (χ3n) is 3.88. The molecule has 0 bridgehead atoms. The van der Waals surface area contributed by atoms with Crippen molar-refractivity contribution in [3.05, 3.63) is 69.5 Å². The third kappa shape index (κ3) is 6.19. The summed E-state index contributed by atoms with van der Waals surface area (Å²) in [5.41, 5.74) is 1.13. The number of hydrogen-bond acceptors (Lipinski definition) is 8. The standard InChI is InChI=1S/C20H14BrFN4O4S2/c1-32(28,29)20-26-25-19(31-20)24-18(27)14(10-23)8-13-4-7-17(16(21)9-13)30-11-12-2-5-15(22)6-3-12/h2-9H,11H2,1H3,(H,24,25,27). The van der Waals surface area contributed by atoms with Crippen LogP contribution >= 0.6 is 27.3 Å². The Kier molecular flexibility index (Phi) is 7.34. The first-order chi connectivity index (χ1) is 15.2. The average Bonchev–Trinajstić information content (AvgIpc) is 3.21. The summed E-state index contributed by atoms with van der Waals surface area (Å²) in [5, 5.41) is 18.8. The molecule has 0 saturated heterocycles. The van der Waals surface area contributed by atoms with Gasteiger partial charge in [0.05, 0.1) is 4.47 Å². The summed E-state index contributed by atoms with van der Waals surface area (Å²) in [6.45, 7) is 0.233. The largest absolute Gasteiger partial charge is 0.488 e. The first-order valence-corrected chi connectivity index (χ1v) is 12.3. The number of aromatic nitrogens is 2. The zero-order valence-corrected chi connectivity index (χ0v) is 19.6. The number of halogens is 2. The molecule has 0 atom stereocenters. The number of ether oxygens (including phenoxy) is 1. The number of anilines is 1. The summed E-state index contributed by atoms with van der Waals surface area (Å²) in [6, 6.07) is 12.7. The molecule has 0 saturated carbocycles. The van der Waals surface area contributed by atoms with Gasteiger partial charge in [-0.15, -0.1) is 10.2 Å². The van der Waals surface area contributed by atoms with Crippen LogP contribution in [0.1, 0.15) is 11.1 Å². The van der Waals surface area contributed by atoms with Gasteiger partial charge in [0, 0.05) is 6.26 Å². The second-order valence-electron chi connectivity index (χ2n) is 6.37. The number of rotatable bonds is 7. The van der Waals surface area contributed by atoms with E-state index in [4.69, 9.17) is 4.74 Å². The van der Waals surface area contributed by atoms with Crippen LogP contribution in [0.25, 0.3) is 6.08 Å². The minimum Gasteiger partial charge on any atom is -0.488 e. The quantitative estimate of drug-likeness (QED) is 0.275. The number of carbonyl (C=O) groups excluding carboxylic acids is 1. The molecule has 0 fully saturated rings. The van der Waals surface area contributed by atoms with Crippen molar-refractivity contribution in [3.8, 4) is 11.8 Å². The normalized spacial score (nSPS) is 11.6. The SMILES string of the molecule is CS(=O)(=O)c1nnc(NC(=O)C(C#N)=Cc2ccc(OCc3ccc(F)cc3)c(Br)c2)s1. The van der Waals surface area contributed by atoms with E-state index in [-0.39, 0.29) is 27.5 Å². The van der Waals surface area contributed by atoms with Crippen LogP contribution < -0.4 is 10.1 Å². The van der Waals surface area contributed by atoms with E-state index in [0.29, 0.717) is 27.1 Å². The summed E-state index contributed by atoms with van der Waals surface area (Å²) >= 11 is 4.07. The first kappa shape index (κ1) is 23.5. The van der Waals surface area contributed by atoms with Gasteiger partial charge in [-0.2, -0.15) is 5.26 Å². The fourth-order valence-corrected chi connectivity index (χ4v) is 4.37. The van der Waals surface area contributed by atoms with Crippen LogP contribution in [-0.2, 0) is 21.2 Å². The number of sulfone groups is 1. The van der Waals surface area contributed by atoms with Gasteiger partial charge in [0.15, 0.2) is 0 Å². The number of nitrogens with zero attached hydrogens (tertiary/aromatic N) is 3. The van der Waals surface area contributed by atoms with Crippen molar-refractivity contribution in [3.63, 3.8) is 0 Å². The molecule has 12 heteroatoms. The molecule has 0 aliphatic rings. The van der Waals surface area contributed by atoms with Gasteiger partial charge in [0.2, 0.25) is 19.3 Å². The molecule has 3 rings (SSSR count). The highest BCUT2D eigenvalue weighted by molar-refractivity contribution is 9.10. The molecule has 1 N–H and O–H groups in total. The van der Waals surface area contributed by atoms with Crippen molar-refractivity contribution >= 4 is 54.2 Å². The highest BCUT2D eigenvalue weighted by Crippen LogP contribution is 2.28. The minimum atomic E-state index is -3.55. The number of carbonyl (C=O) groups is 1. The van der Waals surface area contributed by atoms with Gasteiger partial charge in [0.25, 0.3) is 5.91 Å². The fourth-order valence-electron chi connectivity index (χ4n) is 2.36. The summed E-state index contributed by atoms with van der Waals surface area (Å²) in [4.78, 5) is 12.4. The van der Waals surface area contributed by atoms with Gasteiger partial charge < -0.3 is 4.74 Å². The predicted octanol–water partition coefficient (Wildman–Crippen LogP) is 3.97. The van der Waals surface area contributed by atoms with Crippen LogP contribution in [0.2, 0.25) is 0 Å². The summed E-state index contributed by atoms with van der Waals surface area (Å²) in [6.07, 6.45) is 2.34. The Balaban J connectivity index is 1.70. The van der Waals surface area contributed by atoms with E-state index in [1.165, 1.54) is 18.2 Å². The van der Waals surface area contributed by atoms with Gasteiger partial charge in [-0.3, -0.25) is 10.1 Å². The van der Waals surface area contributed by atoms with Crippen molar-refractivity contribution in [2.45, 2.75) is 10.9 Å². The minimum absolute atomic E-state index is 0.0395. The number of benzene rings is 2. The smallest absolute Gasteiger partial charge is 0.268 e. The molecule has 0 unspecified atom stereocenters. The molecule has 1 heterocycles. The fraction of sp³-hybridized carbons (Fsp3) is 0.100. The average molecular weight is 537 g/mol. The molecule has 0 aliphatic heterocycles.